The van der Waals surface area contributed by atoms with Crippen LogP contribution in [0.2, 0.25) is 0 Å². The van der Waals surface area contributed by atoms with Gasteiger partial charge in [0.2, 0.25) is 0 Å². The highest BCUT2D eigenvalue weighted by molar-refractivity contribution is 6.02. The first-order valence-corrected chi connectivity index (χ1v) is 4.69. The highest BCUT2D eigenvalue weighted by atomic mass is 16.1. The van der Waals surface area contributed by atoms with Crippen molar-refractivity contribution in [1.29, 1.82) is 0 Å². The molecule has 0 fully saturated rings. The first-order chi connectivity index (χ1) is 7.75. The summed E-state index contributed by atoms with van der Waals surface area (Å²) in [6.07, 6.45) is 3.20. The number of anilines is 2. The maximum atomic E-state index is 11.7. The molecule has 0 aliphatic carbocycles. The predicted octanol–water partition coefficient (Wildman–Crippen LogP) is 1.31. The van der Waals surface area contributed by atoms with E-state index < -0.39 is 0 Å². The number of nitrogens with one attached hydrogen (secondary N) is 1. The molecule has 0 saturated heterocycles. The highest BCUT2D eigenvalue weighted by Gasteiger charge is 2.07. The van der Waals surface area contributed by atoms with Gasteiger partial charge in [0.15, 0.2) is 0 Å². The normalized spacial score (nSPS) is 9.75. The quantitative estimate of drug-likeness (QED) is 0.789. The molecule has 5 nitrogen and oxygen atoms in total. The fourth-order valence-electron chi connectivity index (χ4n) is 1.21. The summed E-state index contributed by atoms with van der Waals surface area (Å²) in [6, 6.07) is 8.31. The van der Waals surface area contributed by atoms with Crippen molar-refractivity contribution in [2.75, 3.05) is 11.1 Å². The van der Waals surface area contributed by atoms with E-state index in [1.54, 1.807) is 42.7 Å². The van der Waals surface area contributed by atoms with Crippen molar-refractivity contribution in [2.45, 2.75) is 0 Å². The van der Waals surface area contributed by atoms with E-state index in [0.717, 1.165) is 0 Å². The Morgan fingerprint density at radius 1 is 1.19 bits per heavy atom. The minimum atomic E-state index is -0.293. The van der Waals surface area contributed by atoms with E-state index in [9.17, 15) is 4.79 Å². The summed E-state index contributed by atoms with van der Waals surface area (Å²) in [5.41, 5.74) is 6.45. The molecule has 0 bridgehead atoms. The zero-order valence-corrected chi connectivity index (χ0v) is 8.42. The van der Waals surface area contributed by atoms with Crippen molar-refractivity contribution in [3.05, 3.63) is 48.4 Å². The van der Waals surface area contributed by atoms with Gasteiger partial charge in [-0.05, 0) is 24.3 Å². The number of nitrogen functional groups attached to an aromatic ring is 1. The van der Waals surface area contributed by atoms with Crippen LogP contribution in [0.25, 0.3) is 0 Å². The fourth-order valence-corrected chi connectivity index (χ4v) is 1.21. The van der Waals surface area contributed by atoms with Gasteiger partial charge in [-0.15, -0.1) is 0 Å². The molecule has 1 amide bonds. The number of hydrogen-bond acceptors (Lipinski definition) is 4. The van der Waals surface area contributed by atoms with Crippen LogP contribution in [0.3, 0.4) is 0 Å². The van der Waals surface area contributed by atoms with E-state index in [-0.39, 0.29) is 11.6 Å². The first-order valence-electron chi connectivity index (χ1n) is 4.69. The van der Waals surface area contributed by atoms with Crippen LogP contribution in [0.15, 0.2) is 42.7 Å². The third kappa shape index (κ3) is 2.33. The summed E-state index contributed by atoms with van der Waals surface area (Å²) in [6.45, 7) is 0. The number of pyridine rings is 2. The third-order valence-electron chi connectivity index (χ3n) is 1.94. The average molecular weight is 214 g/mol. The lowest BCUT2D eigenvalue weighted by molar-refractivity contribution is 0.102. The number of carbonyl (C=O) groups is 1. The van der Waals surface area contributed by atoms with Gasteiger partial charge in [-0.1, -0.05) is 6.07 Å². The summed E-state index contributed by atoms with van der Waals surface area (Å²) in [5, 5.41) is 2.69. The van der Waals surface area contributed by atoms with Crippen molar-refractivity contribution < 1.29 is 4.79 Å². The monoisotopic (exact) mass is 214 g/mol. The Hall–Kier alpha value is -2.43. The molecule has 0 unspecified atom stereocenters. The van der Waals surface area contributed by atoms with Gasteiger partial charge >= 0.3 is 0 Å². The molecule has 5 heteroatoms. The maximum Gasteiger partial charge on any atom is 0.274 e. The molecule has 0 saturated carbocycles. The molecule has 2 aromatic rings. The van der Waals surface area contributed by atoms with Gasteiger partial charge in [0.25, 0.3) is 5.91 Å². The number of carbonyl (C=O) groups excluding carboxylic acids is 1. The zero-order chi connectivity index (χ0) is 11.4. The Labute approximate surface area is 92.3 Å². The van der Waals surface area contributed by atoms with Crippen molar-refractivity contribution >= 4 is 17.4 Å². The van der Waals surface area contributed by atoms with Gasteiger partial charge in [0, 0.05) is 18.1 Å². The smallest absolute Gasteiger partial charge is 0.274 e. The second-order valence-corrected chi connectivity index (χ2v) is 3.14. The second-order valence-electron chi connectivity index (χ2n) is 3.14. The second kappa shape index (κ2) is 4.39. The Bertz CT molecular complexity index is 498. The van der Waals surface area contributed by atoms with E-state index in [4.69, 9.17) is 5.73 Å². The summed E-state index contributed by atoms with van der Waals surface area (Å²) >= 11 is 0. The number of rotatable bonds is 2. The SMILES string of the molecule is Nc1cccc(C(=O)Nc2ccncc2)n1. The average Bonchev–Trinajstić information content (AvgIpc) is 2.30. The van der Waals surface area contributed by atoms with Crippen molar-refractivity contribution in [3.63, 3.8) is 0 Å². The molecule has 80 valence electrons. The maximum absolute atomic E-state index is 11.7. The molecule has 0 radical (unpaired) electrons. The first kappa shape index (κ1) is 10.1. The summed E-state index contributed by atoms with van der Waals surface area (Å²) < 4.78 is 0. The highest BCUT2D eigenvalue weighted by Crippen LogP contribution is 2.07. The van der Waals surface area contributed by atoms with Gasteiger partial charge in [-0.25, -0.2) is 4.98 Å². The Kier molecular flexibility index (Phi) is 2.77. The molecule has 0 spiro atoms. The minimum Gasteiger partial charge on any atom is -0.384 e. The molecular weight excluding hydrogens is 204 g/mol. The molecule has 2 rings (SSSR count). The number of aromatic nitrogens is 2. The summed E-state index contributed by atoms with van der Waals surface area (Å²) in [5.74, 6) is 0.0286. The van der Waals surface area contributed by atoms with Crippen molar-refractivity contribution in [3.8, 4) is 0 Å². The lowest BCUT2D eigenvalue weighted by atomic mass is 10.3. The largest absolute Gasteiger partial charge is 0.384 e. The van der Waals surface area contributed by atoms with Crippen molar-refractivity contribution in [2.24, 2.45) is 0 Å². The van der Waals surface area contributed by atoms with Crippen LogP contribution in [0.1, 0.15) is 10.5 Å². The zero-order valence-electron chi connectivity index (χ0n) is 8.42. The van der Waals surface area contributed by atoms with Crippen LogP contribution in [0.4, 0.5) is 11.5 Å². The van der Waals surface area contributed by atoms with Crippen LogP contribution in [-0.2, 0) is 0 Å². The van der Waals surface area contributed by atoms with Crippen LogP contribution in [-0.4, -0.2) is 15.9 Å². The standard InChI is InChI=1S/C11H10N4O/c12-10-3-1-2-9(15-10)11(16)14-8-4-6-13-7-5-8/h1-7H,(H2,12,15)(H,13,14,16). The van der Waals surface area contributed by atoms with Gasteiger partial charge in [0.1, 0.15) is 11.5 Å². The van der Waals surface area contributed by atoms with Crippen LogP contribution in [0, 0.1) is 0 Å². The topological polar surface area (TPSA) is 80.9 Å². The van der Waals surface area contributed by atoms with Crippen LogP contribution >= 0.6 is 0 Å². The summed E-state index contributed by atoms with van der Waals surface area (Å²) in [4.78, 5) is 19.5. The molecule has 16 heavy (non-hydrogen) atoms. The molecule has 2 aromatic heterocycles. The van der Waals surface area contributed by atoms with Crippen LogP contribution < -0.4 is 11.1 Å². The molecule has 0 aliphatic rings. The molecule has 0 aliphatic heterocycles. The van der Waals surface area contributed by atoms with Gasteiger partial charge in [-0.3, -0.25) is 9.78 Å². The lowest BCUT2D eigenvalue weighted by Gasteiger charge is -2.04. The Morgan fingerprint density at radius 2 is 1.94 bits per heavy atom. The number of nitrogens with zero attached hydrogens (tertiary/aromatic N) is 2. The third-order valence-corrected chi connectivity index (χ3v) is 1.94. The van der Waals surface area contributed by atoms with Crippen LogP contribution in [0.5, 0.6) is 0 Å². The lowest BCUT2D eigenvalue weighted by Crippen LogP contribution is -2.14. The summed E-state index contributed by atoms with van der Waals surface area (Å²) in [7, 11) is 0. The van der Waals surface area contributed by atoms with Gasteiger partial charge < -0.3 is 11.1 Å². The van der Waals surface area contributed by atoms with Gasteiger partial charge in [-0.2, -0.15) is 0 Å². The van der Waals surface area contributed by atoms with Crippen molar-refractivity contribution in [1.82, 2.24) is 9.97 Å². The van der Waals surface area contributed by atoms with E-state index in [2.05, 4.69) is 15.3 Å². The number of amides is 1. The molecule has 2 heterocycles. The van der Waals surface area contributed by atoms with E-state index in [0.29, 0.717) is 11.5 Å². The van der Waals surface area contributed by atoms with E-state index in [1.807, 2.05) is 0 Å². The minimum absolute atomic E-state index is 0.289. The Morgan fingerprint density at radius 3 is 2.62 bits per heavy atom. The molecule has 3 N–H and O–H groups in total. The molecule has 0 aromatic carbocycles. The number of hydrogen-bond donors (Lipinski definition) is 2. The van der Waals surface area contributed by atoms with E-state index in [1.165, 1.54) is 0 Å². The number of nitrogens with two attached hydrogens (primary N) is 1. The van der Waals surface area contributed by atoms with Gasteiger partial charge in [0.05, 0.1) is 0 Å². The molecule has 0 atom stereocenters. The Balaban J connectivity index is 2.15. The predicted molar refractivity (Wildman–Crippen MR) is 60.8 cm³/mol. The van der Waals surface area contributed by atoms with E-state index >= 15 is 0 Å². The fraction of sp³-hybridized carbons (Fsp3) is 0. The molecular formula is C11H10N4O.